The Labute approximate surface area is 233 Å². The minimum Gasteiger partial charge on any atom is -0.368 e. The standard InChI is InChI=1S/C31H40N4O2.ClH/c1-31(2,3)26-11-9-23(10-12-26)29-21-27(33-37-29)19-25-22-32-14-13-24(25)20-30(36)35-17-15-34(16-18-35)28-7-5-4-6-8-28;/h4-12,21,24-25,32H,13-20,22H2,1-3H3;1H/t24-,25-;/m0./s1. The second kappa shape index (κ2) is 12.4. The number of aromatic nitrogens is 1. The third kappa shape index (κ3) is 6.78. The Balaban J connectivity index is 0.00000336. The number of hydrogen-bond donors (Lipinski definition) is 1. The van der Waals surface area contributed by atoms with Crippen LogP contribution in [0.3, 0.4) is 0 Å². The molecule has 2 saturated heterocycles. The molecule has 1 aromatic heterocycles. The number of nitrogens with one attached hydrogen (secondary N) is 1. The average molecular weight is 537 g/mol. The Morgan fingerprint density at radius 3 is 2.39 bits per heavy atom. The molecule has 0 unspecified atom stereocenters. The number of piperazine rings is 1. The molecule has 0 bridgehead atoms. The zero-order chi connectivity index (χ0) is 25.8. The molecule has 204 valence electrons. The molecular weight excluding hydrogens is 496 g/mol. The fraction of sp³-hybridized carbons (Fsp3) is 0.484. The summed E-state index contributed by atoms with van der Waals surface area (Å²) >= 11 is 0. The van der Waals surface area contributed by atoms with Gasteiger partial charge in [-0.2, -0.15) is 0 Å². The molecule has 5 rings (SSSR count). The maximum absolute atomic E-state index is 13.2. The molecule has 2 fully saturated rings. The van der Waals surface area contributed by atoms with Crippen molar-refractivity contribution in [2.24, 2.45) is 11.8 Å². The number of halogens is 1. The normalized spacial score (nSPS) is 20.2. The molecule has 7 heteroatoms. The molecule has 2 aromatic carbocycles. The van der Waals surface area contributed by atoms with Gasteiger partial charge in [-0.3, -0.25) is 4.79 Å². The Bertz CT molecular complexity index is 1160. The first kappa shape index (κ1) is 28.2. The van der Waals surface area contributed by atoms with Crippen molar-refractivity contribution in [2.45, 2.75) is 45.4 Å². The van der Waals surface area contributed by atoms with Gasteiger partial charge in [0.2, 0.25) is 5.91 Å². The molecule has 2 atom stereocenters. The van der Waals surface area contributed by atoms with Crippen molar-refractivity contribution >= 4 is 24.0 Å². The maximum Gasteiger partial charge on any atom is 0.222 e. The number of amides is 1. The first-order valence-electron chi connectivity index (χ1n) is 13.7. The van der Waals surface area contributed by atoms with Gasteiger partial charge in [0.15, 0.2) is 5.76 Å². The van der Waals surface area contributed by atoms with Crippen molar-refractivity contribution in [3.63, 3.8) is 0 Å². The molecule has 0 spiro atoms. The van der Waals surface area contributed by atoms with Gasteiger partial charge in [0.25, 0.3) is 0 Å². The van der Waals surface area contributed by atoms with E-state index in [9.17, 15) is 4.79 Å². The fourth-order valence-corrected chi connectivity index (χ4v) is 5.64. The van der Waals surface area contributed by atoms with Crippen LogP contribution < -0.4 is 10.2 Å². The summed E-state index contributed by atoms with van der Waals surface area (Å²) in [6.07, 6.45) is 2.48. The second-order valence-electron chi connectivity index (χ2n) is 11.6. The van der Waals surface area contributed by atoms with E-state index in [1.54, 1.807) is 0 Å². The van der Waals surface area contributed by atoms with E-state index in [0.717, 1.165) is 69.1 Å². The lowest BCUT2D eigenvalue weighted by Crippen LogP contribution is -2.50. The number of carbonyl (C=O) groups excluding carboxylic acids is 1. The van der Waals surface area contributed by atoms with Gasteiger partial charge in [-0.25, -0.2) is 0 Å². The topological polar surface area (TPSA) is 61.6 Å². The van der Waals surface area contributed by atoms with Crippen LogP contribution >= 0.6 is 12.4 Å². The molecule has 0 aliphatic carbocycles. The van der Waals surface area contributed by atoms with Gasteiger partial charge in [-0.1, -0.05) is 68.4 Å². The summed E-state index contributed by atoms with van der Waals surface area (Å²) < 4.78 is 5.73. The summed E-state index contributed by atoms with van der Waals surface area (Å²) in [6.45, 7) is 11.9. The van der Waals surface area contributed by atoms with Gasteiger partial charge in [-0.15, -0.1) is 12.4 Å². The SMILES string of the molecule is CC(C)(C)c1ccc(-c2cc(C[C@H]3CNCC[C@H]3CC(=O)N3CCN(c4ccccc4)CC3)no2)cc1.Cl. The summed E-state index contributed by atoms with van der Waals surface area (Å²) in [6, 6.07) is 21.1. The Hall–Kier alpha value is -2.83. The fourth-order valence-electron chi connectivity index (χ4n) is 5.64. The van der Waals surface area contributed by atoms with Crippen LogP contribution in [-0.4, -0.2) is 55.2 Å². The molecule has 1 amide bonds. The molecule has 1 N–H and O–H groups in total. The van der Waals surface area contributed by atoms with E-state index in [-0.39, 0.29) is 17.8 Å². The average Bonchev–Trinajstić information content (AvgIpc) is 3.38. The van der Waals surface area contributed by atoms with Gasteiger partial charge in [0, 0.05) is 49.9 Å². The summed E-state index contributed by atoms with van der Waals surface area (Å²) in [5.74, 6) is 1.85. The molecule has 3 aromatic rings. The van der Waals surface area contributed by atoms with Crippen molar-refractivity contribution in [1.82, 2.24) is 15.4 Å². The molecule has 38 heavy (non-hydrogen) atoms. The number of benzene rings is 2. The number of carbonyl (C=O) groups is 1. The number of rotatable bonds is 6. The van der Waals surface area contributed by atoms with E-state index in [1.807, 2.05) is 6.07 Å². The number of hydrogen-bond acceptors (Lipinski definition) is 5. The summed E-state index contributed by atoms with van der Waals surface area (Å²) in [4.78, 5) is 17.7. The highest BCUT2D eigenvalue weighted by Gasteiger charge is 2.31. The summed E-state index contributed by atoms with van der Waals surface area (Å²) in [7, 11) is 0. The van der Waals surface area contributed by atoms with Gasteiger partial charge in [0.05, 0.1) is 5.69 Å². The third-order valence-electron chi connectivity index (χ3n) is 8.02. The van der Waals surface area contributed by atoms with Crippen molar-refractivity contribution < 1.29 is 9.32 Å². The molecule has 2 aliphatic heterocycles. The van der Waals surface area contributed by atoms with Crippen LogP contribution in [0.4, 0.5) is 5.69 Å². The number of piperidine rings is 1. The molecular formula is C31H41ClN4O2. The van der Waals surface area contributed by atoms with Crippen molar-refractivity contribution in [2.75, 3.05) is 44.2 Å². The predicted molar refractivity (Wildman–Crippen MR) is 156 cm³/mol. The monoisotopic (exact) mass is 536 g/mol. The summed E-state index contributed by atoms with van der Waals surface area (Å²) in [5.41, 5.74) is 4.69. The largest absolute Gasteiger partial charge is 0.368 e. The first-order chi connectivity index (χ1) is 17.9. The van der Waals surface area contributed by atoms with E-state index in [4.69, 9.17) is 4.52 Å². The third-order valence-corrected chi connectivity index (χ3v) is 8.02. The Kier molecular flexibility index (Phi) is 9.16. The van der Waals surface area contributed by atoms with Crippen LogP contribution in [0.15, 0.2) is 65.2 Å². The molecule has 2 aliphatic rings. The molecule has 0 radical (unpaired) electrons. The van der Waals surface area contributed by atoms with E-state index in [2.05, 4.69) is 95.6 Å². The number of nitrogens with zero attached hydrogens (tertiary/aromatic N) is 3. The zero-order valence-corrected chi connectivity index (χ0v) is 23.7. The van der Waals surface area contributed by atoms with Crippen molar-refractivity contribution in [3.05, 3.63) is 71.9 Å². The highest BCUT2D eigenvalue weighted by Crippen LogP contribution is 2.30. The van der Waals surface area contributed by atoms with Crippen molar-refractivity contribution in [3.8, 4) is 11.3 Å². The van der Waals surface area contributed by atoms with E-state index < -0.39 is 0 Å². The van der Waals surface area contributed by atoms with Crippen LogP contribution in [-0.2, 0) is 16.6 Å². The Morgan fingerprint density at radius 2 is 1.71 bits per heavy atom. The van der Waals surface area contributed by atoms with Crippen molar-refractivity contribution in [1.29, 1.82) is 0 Å². The molecule has 3 heterocycles. The van der Waals surface area contributed by atoms with Gasteiger partial charge >= 0.3 is 0 Å². The lowest BCUT2D eigenvalue weighted by molar-refractivity contribution is -0.133. The van der Waals surface area contributed by atoms with E-state index >= 15 is 0 Å². The van der Waals surface area contributed by atoms with Gasteiger partial charge < -0.3 is 19.6 Å². The highest BCUT2D eigenvalue weighted by molar-refractivity contribution is 5.85. The van der Waals surface area contributed by atoms with Gasteiger partial charge in [0.1, 0.15) is 0 Å². The summed E-state index contributed by atoms with van der Waals surface area (Å²) in [5, 5.41) is 7.93. The first-order valence-corrected chi connectivity index (χ1v) is 13.7. The lowest BCUT2D eigenvalue weighted by Gasteiger charge is -2.38. The smallest absolute Gasteiger partial charge is 0.222 e. The van der Waals surface area contributed by atoms with Crippen LogP contribution in [0.25, 0.3) is 11.3 Å². The number of anilines is 1. The van der Waals surface area contributed by atoms with E-state index in [1.165, 1.54) is 11.3 Å². The maximum atomic E-state index is 13.2. The predicted octanol–water partition coefficient (Wildman–Crippen LogP) is 5.57. The van der Waals surface area contributed by atoms with Crippen LogP contribution in [0.2, 0.25) is 0 Å². The lowest BCUT2D eigenvalue weighted by atomic mass is 9.81. The quantitative estimate of drug-likeness (QED) is 0.446. The minimum absolute atomic E-state index is 0. The zero-order valence-electron chi connectivity index (χ0n) is 22.9. The van der Waals surface area contributed by atoms with Crippen LogP contribution in [0.5, 0.6) is 0 Å². The van der Waals surface area contributed by atoms with Crippen LogP contribution in [0, 0.1) is 11.8 Å². The molecule has 6 nitrogen and oxygen atoms in total. The highest BCUT2D eigenvalue weighted by atomic mass is 35.5. The minimum atomic E-state index is 0. The second-order valence-corrected chi connectivity index (χ2v) is 11.6. The van der Waals surface area contributed by atoms with Crippen LogP contribution in [0.1, 0.15) is 44.9 Å². The van der Waals surface area contributed by atoms with E-state index in [0.29, 0.717) is 24.2 Å². The number of para-hydroxylation sites is 1. The molecule has 0 saturated carbocycles. The van der Waals surface area contributed by atoms with Gasteiger partial charge in [-0.05, 0) is 60.9 Å². The Morgan fingerprint density at radius 1 is 1.00 bits per heavy atom.